The fourth-order valence-corrected chi connectivity index (χ4v) is 2.51. The van der Waals surface area contributed by atoms with Gasteiger partial charge in [-0.2, -0.15) is 9.78 Å². The number of rotatable bonds is 5. The van der Waals surface area contributed by atoms with E-state index < -0.39 is 17.2 Å². The Hall–Kier alpha value is -2.70. The van der Waals surface area contributed by atoms with Crippen LogP contribution in [-0.4, -0.2) is 26.8 Å². The Labute approximate surface area is 138 Å². The molecule has 1 amide bonds. The van der Waals surface area contributed by atoms with Crippen molar-refractivity contribution in [2.45, 2.75) is 33.2 Å². The van der Waals surface area contributed by atoms with E-state index in [0.29, 0.717) is 18.2 Å². The quantitative estimate of drug-likeness (QED) is 0.882. The molecule has 7 heteroatoms. The molecule has 1 fully saturated rings. The normalized spacial score (nSPS) is 13.8. The molecule has 0 bridgehead atoms. The Balaban J connectivity index is 2.08. The molecule has 0 unspecified atom stereocenters. The van der Waals surface area contributed by atoms with Crippen LogP contribution in [-0.2, 0) is 6.54 Å². The highest BCUT2D eigenvalue weighted by atomic mass is 16.2. The molecule has 1 aliphatic carbocycles. The summed E-state index contributed by atoms with van der Waals surface area (Å²) < 4.78 is 2.14. The van der Waals surface area contributed by atoms with E-state index in [4.69, 9.17) is 0 Å². The van der Waals surface area contributed by atoms with Crippen LogP contribution in [0.15, 0.2) is 33.9 Å². The van der Waals surface area contributed by atoms with Gasteiger partial charge in [0.25, 0.3) is 11.5 Å². The molecule has 1 heterocycles. The van der Waals surface area contributed by atoms with Gasteiger partial charge in [-0.15, -0.1) is 0 Å². The summed E-state index contributed by atoms with van der Waals surface area (Å²) in [5, 5.41) is 6.78. The third-order valence-electron chi connectivity index (χ3n) is 4.09. The Bertz CT molecular complexity index is 893. The summed E-state index contributed by atoms with van der Waals surface area (Å²) >= 11 is 0. The standard InChI is InChI=1S/C17H20N4O3/c1-3-20-16(23)14(15(22)18-10-12-7-8-12)19-21(17(20)24)13-6-4-5-11(2)9-13/h4-6,9,12H,3,7-8,10H2,1-2H3,(H,18,22). The molecule has 7 nitrogen and oxygen atoms in total. The average Bonchev–Trinajstić information content (AvgIpc) is 3.37. The first-order valence-corrected chi connectivity index (χ1v) is 8.10. The molecule has 24 heavy (non-hydrogen) atoms. The fraction of sp³-hybridized carbons (Fsp3) is 0.412. The number of aromatic nitrogens is 3. The first kappa shape index (κ1) is 16.2. The molecule has 0 atom stereocenters. The number of carbonyl (C=O) groups excluding carboxylic acids is 1. The molecule has 1 N–H and O–H groups in total. The minimum Gasteiger partial charge on any atom is -0.350 e. The highest BCUT2D eigenvalue weighted by Gasteiger charge is 2.24. The molecule has 1 aromatic carbocycles. The first-order chi connectivity index (χ1) is 11.5. The third kappa shape index (κ3) is 3.15. The molecule has 1 saturated carbocycles. The van der Waals surface area contributed by atoms with Gasteiger partial charge < -0.3 is 5.32 Å². The molecule has 3 rings (SSSR count). The highest BCUT2D eigenvalue weighted by molar-refractivity contribution is 5.91. The second kappa shape index (κ2) is 6.43. The number of hydrogen-bond donors (Lipinski definition) is 1. The second-order valence-corrected chi connectivity index (χ2v) is 6.08. The number of amides is 1. The van der Waals surface area contributed by atoms with Crippen LogP contribution in [0.4, 0.5) is 0 Å². The van der Waals surface area contributed by atoms with E-state index >= 15 is 0 Å². The lowest BCUT2D eigenvalue weighted by molar-refractivity contribution is 0.0942. The number of nitrogens with one attached hydrogen (secondary N) is 1. The SMILES string of the molecule is CCn1c(=O)c(C(=O)NCC2CC2)nn(-c2cccc(C)c2)c1=O. The molecule has 1 aliphatic rings. The van der Waals surface area contributed by atoms with Gasteiger partial charge in [-0.25, -0.2) is 4.79 Å². The lowest BCUT2D eigenvalue weighted by Crippen LogP contribution is -2.45. The van der Waals surface area contributed by atoms with Crippen LogP contribution in [0.1, 0.15) is 35.8 Å². The van der Waals surface area contributed by atoms with Crippen molar-refractivity contribution in [3.8, 4) is 5.69 Å². The minimum atomic E-state index is -0.653. The maximum Gasteiger partial charge on any atom is 0.352 e. The number of hydrogen-bond acceptors (Lipinski definition) is 4. The summed E-state index contributed by atoms with van der Waals surface area (Å²) in [4.78, 5) is 37.2. The molecule has 0 aliphatic heterocycles. The van der Waals surface area contributed by atoms with E-state index in [9.17, 15) is 14.4 Å². The smallest absolute Gasteiger partial charge is 0.350 e. The van der Waals surface area contributed by atoms with Gasteiger partial charge in [-0.05, 0) is 50.3 Å². The Morgan fingerprint density at radius 2 is 2.08 bits per heavy atom. The van der Waals surface area contributed by atoms with Crippen molar-refractivity contribution in [3.05, 3.63) is 56.4 Å². The van der Waals surface area contributed by atoms with Crippen molar-refractivity contribution in [2.75, 3.05) is 6.54 Å². The van der Waals surface area contributed by atoms with E-state index in [1.807, 2.05) is 13.0 Å². The van der Waals surface area contributed by atoms with Gasteiger partial charge in [0.2, 0.25) is 5.69 Å². The van der Waals surface area contributed by atoms with Crippen LogP contribution in [0.25, 0.3) is 5.69 Å². The largest absolute Gasteiger partial charge is 0.352 e. The molecule has 0 radical (unpaired) electrons. The zero-order valence-electron chi connectivity index (χ0n) is 13.8. The molecule has 1 aromatic heterocycles. The molecule has 126 valence electrons. The van der Waals surface area contributed by atoms with Gasteiger partial charge >= 0.3 is 5.69 Å². The maximum absolute atomic E-state index is 12.5. The van der Waals surface area contributed by atoms with E-state index in [-0.39, 0.29) is 12.2 Å². The summed E-state index contributed by atoms with van der Waals surface area (Å²) in [5.74, 6) is -0.0412. The Morgan fingerprint density at radius 1 is 1.33 bits per heavy atom. The van der Waals surface area contributed by atoms with E-state index in [2.05, 4.69) is 10.4 Å². The predicted octanol–water partition coefficient (Wildman–Crippen LogP) is 0.862. The van der Waals surface area contributed by atoms with Gasteiger partial charge in [-0.3, -0.25) is 14.2 Å². The van der Waals surface area contributed by atoms with Gasteiger partial charge in [-0.1, -0.05) is 12.1 Å². The van der Waals surface area contributed by atoms with Crippen molar-refractivity contribution < 1.29 is 4.79 Å². The average molecular weight is 328 g/mol. The summed E-state index contributed by atoms with van der Waals surface area (Å²) in [7, 11) is 0. The van der Waals surface area contributed by atoms with Crippen LogP contribution in [0.3, 0.4) is 0 Å². The summed E-state index contributed by atoms with van der Waals surface area (Å²) in [6.07, 6.45) is 2.19. The van der Waals surface area contributed by atoms with E-state index in [1.165, 1.54) is 0 Å². The van der Waals surface area contributed by atoms with Crippen LogP contribution in [0.5, 0.6) is 0 Å². The van der Waals surface area contributed by atoms with E-state index in [0.717, 1.165) is 27.7 Å². The molecular weight excluding hydrogens is 308 g/mol. The van der Waals surface area contributed by atoms with Crippen LogP contribution in [0.2, 0.25) is 0 Å². The fourth-order valence-electron chi connectivity index (χ4n) is 2.51. The second-order valence-electron chi connectivity index (χ2n) is 6.08. The molecular formula is C17H20N4O3. The zero-order valence-corrected chi connectivity index (χ0v) is 13.8. The molecule has 2 aromatic rings. The predicted molar refractivity (Wildman–Crippen MR) is 89.6 cm³/mol. The molecule has 0 saturated heterocycles. The maximum atomic E-state index is 12.5. The number of carbonyl (C=O) groups is 1. The van der Waals surface area contributed by atoms with Gasteiger partial charge in [0, 0.05) is 13.1 Å². The van der Waals surface area contributed by atoms with Crippen molar-refractivity contribution >= 4 is 5.91 Å². The monoisotopic (exact) mass is 328 g/mol. The summed E-state index contributed by atoms with van der Waals surface area (Å²) in [5.41, 5.74) is 0.0266. The lowest BCUT2D eigenvalue weighted by atomic mass is 10.2. The van der Waals surface area contributed by atoms with Crippen molar-refractivity contribution in [3.63, 3.8) is 0 Å². The summed E-state index contributed by atoms with van der Waals surface area (Å²) in [6.45, 7) is 4.30. The van der Waals surface area contributed by atoms with E-state index in [1.54, 1.807) is 25.1 Å². The lowest BCUT2D eigenvalue weighted by Gasteiger charge is -2.11. The first-order valence-electron chi connectivity index (χ1n) is 8.10. The Kier molecular flexibility index (Phi) is 4.33. The Morgan fingerprint density at radius 3 is 2.71 bits per heavy atom. The number of aryl methyl sites for hydroxylation is 1. The van der Waals surface area contributed by atoms with Crippen LogP contribution >= 0.6 is 0 Å². The van der Waals surface area contributed by atoms with Gasteiger partial charge in [0.1, 0.15) is 0 Å². The summed E-state index contributed by atoms with van der Waals surface area (Å²) in [6, 6.07) is 7.20. The minimum absolute atomic E-state index is 0.176. The third-order valence-corrected chi connectivity index (χ3v) is 4.09. The zero-order chi connectivity index (χ0) is 17.3. The van der Waals surface area contributed by atoms with Gasteiger partial charge in [0.15, 0.2) is 0 Å². The van der Waals surface area contributed by atoms with Gasteiger partial charge in [0.05, 0.1) is 5.69 Å². The van der Waals surface area contributed by atoms with Crippen LogP contribution in [0, 0.1) is 12.8 Å². The topological polar surface area (TPSA) is 86.0 Å². The number of benzene rings is 1. The molecule has 0 spiro atoms. The van der Waals surface area contributed by atoms with Crippen molar-refractivity contribution in [2.24, 2.45) is 5.92 Å². The number of nitrogens with zero attached hydrogens (tertiary/aromatic N) is 3. The van der Waals surface area contributed by atoms with Crippen molar-refractivity contribution in [1.29, 1.82) is 0 Å². The van der Waals surface area contributed by atoms with Crippen molar-refractivity contribution in [1.82, 2.24) is 19.7 Å². The highest BCUT2D eigenvalue weighted by Crippen LogP contribution is 2.27. The van der Waals surface area contributed by atoms with Crippen LogP contribution < -0.4 is 16.6 Å².